The van der Waals surface area contributed by atoms with Crippen molar-refractivity contribution in [3.63, 3.8) is 0 Å². The van der Waals surface area contributed by atoms with Gasteiger partial charge in [-0.25, -0.2) is 8.42 Å². The fourth-order valence-electron chi connectivity index (χ4n) is 3.00. The number of nitrogens with one attached hydrogen (secondary N) is 1. The Morgan fingerprint density at radius 2 is 1.89 bits per heavy atom. The molecule has 1 aliphatic heterocycles. The smallest absolute Gasteiger partial charge is 0.322 e. The highest BCUT2D eigenvalue weighted by Crippen LogP contribution is 2.29. The second-order valence-electron chi connectivity index (χ2n) is 6.16. The van der Waals surface area contributed by atoms with Crippen LogP contribution in [-0.2, 0) is 14.8 Å². The zero-order valence-electron chi connectivity index (χ0n) is 14.3. The van der Waals surface area contributed by atoms with E-state index in [2.05, 4.69) is 0 Å². The Kier molecular flexibility index (Phi) is 5.15. The van der Waals surface area contributed by atoms with Gasteiger partial charge in [0, 0.05) is 12.0 Å². The number of carboxylic acid groups (broad SMARTS) is 1. The van der Waals surface area contributed by atoms with Crippen LogP contribution in [0.15, 0.2) is 59.5 Å². The number of nitrogens with zero attached hydrogens (tertiary/aromatic N) is 1. The van der Waals surface area contributed by atoms with Gasteiger partial charge in [0.2, 0.25) is 10.0 Å². The molecule has 9 heteroatoms. The van der Waals surface area contributed by atoms with Crippen LogP contribution in [0.1, 0.15) is 12.0 Å². The highest BCUT2D eigenvalue weighted by molar-refractivity contribution is 7.89. The molecule has 2 aromatic carbocycles. The summed E-state index contributed by atoms with van der Waals surface area (Å²) < 4.78 is 32.5. The van der Waals surface area contributed by atoms with Crippen LogP contribution < -0.4 is 10.5 Å². The molecule has 1 heterocycles. The molecule has 1 aliphatic rings. The van der Waals surface area contributed by atoms with E-state index in [-0.39, 0.29) is 23.7 Å². The summed E-state index contributed by atoms with van der Waals surface area (Å²) in [5.41, 5.74) is 5.93. The lowest BCUT2D eigenvalue weighted by Crippen LogP contribution is -2.40. The number of nitrogen functional groups attached to an aromatic ring is 1. The summed E-state index contributed by atoms with van der Waals surface area (Å²) in [6.45, 7) is -0.0848. The number of carboxylic acids is 1. The van der Waals surface area contributed by atoms with Gasteiger partial charge in [0.25, 0.3) is 0 Å². The quantitative estimate of drug-likeness (QED) is 0.503. The molecular weight excluding hydrogens is 370 g/mol. The van der Waals surface area contributed by atoms with Crippen LogP contribution in [0.25, 0.3) is 0 Å². The summed E-state index contributed by atoms with van der Waals surface area (Å²) in [7, 11) is -3.96. The zero-order valence-corrected chi connectivity index (χ0v) is 15.1. The predicted molar refractivity (Wildman–Crippen MR) is 98.2 cm³/mol. The number of sulfonamides is 1. The van der Waals surface area contributed by atoms with E-state index >= 15 is 0 Å². The molecule has 0 saturated carbocycles. The van der Waals surface area contributed by atoms with Crippen LogP contribution in [-0.4, -0.2) is 48.3 Å². The molecule has 8 nitrogen and oxygen atoms in total. The van der Waals surface area contributed by atoms with Crippen LogP contribution in [0.4, 0.5) is 0 Å². The summed E-state index contributed by atoms with van der Waals surface area (Å²) in [4.78, 5) is 11.7. The fourth-order valence-corrected chi connectivity index (χ4v) is 4.65. The minimum absolute atomic E-state index is 0.0195. The molecule has 0 bridgehead atoms. The van der Waals surface area contributed by atoms with Gasteiger partial charge in [0.15, 0.2) is 0 Å². The number of ether oxygens (including phenoxy) is 1. The number of amidine groups is 1. The summed E-state index contributed by atoms with van der Waals surface area (Å²) in [5.74, 6) is -0.947. The summed E-state index contributed by atoms with van der Waals surface area (Å²) in [6, 6.07) is 13.0. The Bertz CT molecular complexity index is 962. The lowest BCUT2D eigenvalue weighted by molar-refractivity contribution is -0.140. The molecule has 0 amide bonds. The van der Waals surface area contributed by atoms with Crippen molar-refractivity contribution in [2.45, 2.75) is 23.5 Å². The maximum Gasteiger partial charge on any atom is 0.322 e. The van der Waals surface area contributed by atoms with Gasteiger partial charge in [-0.2, -0.15) is 4.31 Å². The van der Waals surface area contributed by atoms with Crippen molar-refractivity contribution in [2.24, 2.45) is 5.73 Å². The molecule has 0 radical (unpaired) electrons. The molecule has 2 aromatic rings. The summed E-state index contributed by atoms with van der Waals surface area (Å²) in [5, 5.41) is 17.0. The first-order valence-electron chi connectivity index (χ1n) is 8.20. The number of carbonyl (C=O) groups is 1. The van der Waals surface area contributed by atoms with E-state index < -0.39 is 28.1 Å². The predicted octanol–water partition coefficient (Wildman–Crippen LogP) is 1.27. The van der Waals surface area contributed by atoms with Crippen LogP contribution in [0.2, 0.25) is 0 Å². The van der Waals surface area contributed by atoms with Crippen LogP contribution in [0.5, 0.6) is 5.75 Å². The number of benzene rings is 2. The van der Waals surface area contributed by atoms with Crippen LogP contribution in [0, 0.1) is 5.41 Å². The monoisotopic (exact) mass is 389 g/mol. The second-order valence-corrected chi connectivity index (χ2v) is 8.05. The fraction of sp³-hybridized carbons (Fsp3) is 0.222. The molecular formula is C18H19N3O5S. The minimum Gasteiger partial charge on any atom is -0.489 e. The first-order chi connectivity index (χ1) is 12.8. The van der Waals surface area contributed by atoms with Gasteiger partial charge >= 0.3 is 5.97 Å². The van der Waals surface area contributed by atoms with Gasteiger partial charge < -0.3 is 15.6 Å². The zero-order chi connectivity index (χ0) is 19.6. The van der Waals surface area contributed by atoms with Crippen molar-refractivity contribution < 1.29 is 23.1 Å². The van der Waals surface area contributed by atoms with Gasteiger partial charge in [0.05, 0.1) is 11.4 Å². The Morgan fingerprint density at radius 3 is 2.52 bits per heavy atom. The average molecular weight is 389 g/mol. The maximum absolute atomic E-state index is 12.9. The molecule has 0 spiro atoms. The third-order valence-corrected chi connectivity index (χ3v) is 6.19. The molecule has 0 unspecified atom stereocenters. The normalized spacial score (nSPS) is 20.3. The molecule has 1 fully saturated rings. The molecule has 4 N–H and O–H groups in total. The van der Waals surface area contributed by atoms with Crippen molar-refractivity contribution in [1.29, 1.82) is 5.41 Å². The molecule has 142 valence electrons. The van der Waals surface area contributed by atoms with E-state index in [0.29, 0.717) is 11.3 Å². The lowest BCUT2D eigenvalue weighted by atomic mass is 10.2. The Balaban J connectivity index is 1.84. The van der Waals surface area contributed by atoms with Crippen molar-refractivity contribution in [2.75, 3.05) is 6.54 Å². The lowest BCUT2D eigenvalue weighted by Gasteiger charge is -2.20. The van der Waals surface area contributed by atoms with E-state index in [1.165, 1.54) is 12.1 Å². The van der Waals surface area contributed by atoms with Crippen molar-refractivity contribution in [3.8, 4) is 5.75 Å². The number of nitrogens with two attached hydrogens (primary N) is 1. The molecule has 27 heavy (non-hydrogen) atoms. The Morgan fingerprint density at radius 1 is 1.19 bits per heavy atom. The SMILES string of the molecule is N=C(N)c1cccc(O[C@@H]2C[C@@H](C(=O)O)N(S(=O)(=O)c3ccccc3)C2)c1. The summed E-state index contributed by atoms with van der Waals surface area (Å²) in [6.07, 6.45) is -0.613. The number of hydrogen-bond acceptors (Lipinski definition) is 5. The molecule has 2 atom stereocenters. The second kappa shape index (κ2) is 7.37. The third-order valence-electron chi connectivity index (χ3n) is 4.30. The van der Waals surface area contributed by atoms with E-state index in [4.69, 9.17) is 15.9 Å². The highest BCUT2D eigenvalue weighted by Gasteiger charge is 2.45. The Labute approximate surface area is 156 Å². The van der Waals surface area contributed by atoms with Gasteiger partial charge in [-0.15, -0.1) is 0 Å². The minimum atomic E-state index is -3.96. The van der Waals surface area contributed by atoms with E-state index in [1.807, 2.05) is 0 Å². The first-order valence-corrected chi connectivity index (χ1v) is 9.64. The van der Waals surface area contributed by atoms with Crippen LogP contribution >= 0.6 is 0 Å². The van der Waals surface area contributed by atoms with E-state index in [9.17, 15) is 18.3 Å². The average Bonchev–Trinajstić information content (AvgIpc) is 3.07. The highest BCUT2D eigenvalue weighted by atomic mass is 32.2. The maximum atomic E-state index is 12.9. The third kappa shape index (κ3) is 3.93. The van der Waals surface area contributed by atoms with Crippen molar-refractivity contribution >= 4 is 21.8 Å². The van der Waals surface area contributed by atoms with Crippen LogP contribution in [0.3, 0.4) is 0 Å². The van der Waals surface area contributed by atoms with Gasteiger partial charge in [-0.05, 0) is 24.3 Å². The topological polar surface area (TPSA) is 134 Å². The largest absolute Gasteiger partial charge is 0.489 e. The molecule has 0 aliphatic carbocycles. The number of aliphatic carboxylic acids is 1. The van der Waals surface area contributed by atoms with Crippen molar-refractivity contribution in [3.05, 3.63) is 60.2 Å². The molecule has 0 aromatic heterocycles. The molecule has 1 saturated heterocycles. The standard InChI is InChI=1S/C18H19N3O5S/c19-17(20)12-5-4-6-13(9-12)26-14-10-16(18(22)23)21(11-14)27(24,25)15-7-2-1-3-8-15/h1-9,14,16H,10-11H2,(H3,19,20)(H,22,23)/t14-,16+/m1/s1. The first kappa shape index (κ1) is 18.9. The van der Waals surface area contributed by atoms with Crippen molar-refractivity contribution in [1.82, 2.24) is 4.31 Å². The van der Waals surface area contributed by atoms with Gasteiger partial charge in [-0.1, -0.05) is 30.3 Å². The number of hydrogen-bond donors (Lipinski definition) is 3. The molecule has 3 rings (SSSR count). The van der Waals surface area contributed by atoms with E-state index in [1.54, 1.807) is 42.5 Å². The van der Waals surface area contributed by atoms with Gasteiger partial charge in [-0.3, -0.25) is 10.2 Å². The summed E-state index contributed by atoms with van der Waals surface area (Å²) >= 11 is 0. The number of rotatable bonds is 6. The van der Waals surface area contributed by atoms with Gasteiger partial charge in [0.1, 0.15) is 23.7 Å². The van der Waals surface area contributed by atoms with E-state index in [0.717, 1.165) is 4.31 Å². The Hall–Kier alpha value is -2.91.